The van der Waals surface area contributed by atoms with Crippen molar-refractivity contribution in [1.82, 2.24) is 4.90 Å². The van der Waals surface area contributed by atoms with Crippen LogP contribution < -0.4 is 4.90 Å². The zero-order valence-electron chi connectivity index (χ0n) is 12.7. The molecule has 1 atom stereocenters. The Bertz CT molecular complexity index is 688. The quantitative estimate of drug-likeness (QED) is 0.756. The van der Waals surface area contributed by atoms with E-state index in [1.807, 2.05) is 24.3 Å². The number of anilines is 1. The lowest BCUT2D eigenvalue weighted by Gasteiger charge is -2.31. The van der Waals surface area contributed by atoms with Gasteiger partial charge in [-0.2, -0.15) is 0 Å². The van der Waals surface area contributed by atoms with Gasteiger partial charge in [0.05, 0.1) is 13.2 Å². The van der Waals surface area contributed by atoms with Gasteiger partial charge in [-0.15, -0.1) is 0 Å². The fourth-order valence-electron chi connectivity index (χ4n) is 3.04. The molecule has 3 rings (SSSR count). The Morgan fingerprint density at radius 3 is 2.57 bits per heavy atom. The second kappa shape index (κ2) is 6.67. The molecule has 2 heterocycles. The van der Waals surface area contributed by atoms with Gasteiger partial charge >= 0.3 is 0 Å². The number of rotatable bonds is 4. The highest BCUT2D eigenvalue weighted by Gasteiger charge is 2.37. The van der Waals surface area contributed by atoms with Crippen LogP contribution in [0.15, 0.2) is 24.3 Å². The number of para-hydroxylation sites is 1. The number of ether oxygens (including phenoxy) is 1. The summed E-state index contributed by atoms with van der Waals surface area (Å²) in [5.74, 6) is -0.170. The van der Waals surface area contributed by atoms with Crippen LogP contribution in [-0.2, 0) is 25.1 Å². The number of carbonyl (C=O) groups is 1. The van der Waals surface area contributed by atoms with Gasteiger partial charge in [-0.1, -0.05) is 18.2 Å². The summed E-state index contributed by atoms with van der Waals surface area (Å²) in [7, 11) is 1.69. The molecular formula is C15H19ClN2O4S. The molecule has 1 aromatic rings. The first-order chi connectivity index (χ1) is 10.9. The van der Waals surface area contributed by atoms with Gasteiger partial charge in [0.25, 0.3) is 0 Å². The van der Waals surface area contributed by atoms with Crippen LogP contribution in [0.25, 0.3) is 0 Å². The van der Waals surface area contributed by atoms with Gasteiger partial charge in [0.15, 0.2) is 0 Å². The molecule has 0 aliphatic carbocycles. The Morgan fingerprint density at radius 1 is 1.22 bits per heavy atom. The van der Waals surface area contributed by atoms with Gasteiger partial charge in [-0.25, -0.2) is 8.42 Å². The molecule has 6 nitrogen and oxygen atoms in total. The molecule has 2 aliphatic heterocycles. The lowest BCUT2D eigenvalue weighted by Crippen LogP contribution is -2.37. The fourth-order valence-corrected chi connectivity index (χ4v) is 4.10. The Morgan fingerprint density at radius 2 is 1.91 bits per heavy atom. The maximum atomic E-state index is 12.1. The number of morpholine rings is 1. The Labute approximate surface area is 140 Å². The van der Waals surface area contributed by atoms with Crippen molar-refractivity contribution < 1.29 is 17.9 Å². The summed E-state index contributed by atoms with van der Waals surface area (Å²) >= 11 is 0. The highest BCUT2D eigenvalue weighted by atomic mass is 35.7. The molecule has 0 saturated carbocycles. The zero-order chi connectivity index (χ0) is 16.4. The zero-order valence-corrected chi connectivity index (χ0v) is 14.2. The van der Waals surface area contributed by atoms with E-state index in [4.69, 9.17) is 15.4 Å². The molecule has 0 N–H and O–H groups in total. The molecule has 0 radical (unpaired) electrons. The van der Waals surface area contributed by atoms with Crippen LogP contribution in [-0.4, -0.2) is 57.3 Å². The molecule has 0 aromatic heterocycles. The summed E-state index contributed by atoms with van der Waals surface area (Å²) in [5.41, 5.74) is 2.08. The Balaban J connectivity index is 1.77. The summed E-state index contributed by atoms with van der Waals surface area (Å²) in [5, 5.41) is -0.813. The highest BCUT2D eigenvalue weighted by molar-refractivity contribution is 8.14. The number of amides is 1. The second-order valence-electron chi connectivity index (χ2n) is 5.80. The summed E-state index contributed by atoms with van der Waals surface area (Å²) in [4.78, 5) is 15.9. The first-order valence-corrected chi connectivity index (χ1v) is 9.94. The minimum absolute atomic E-state index is 0.0362. The molecule has 0 spiro atoms. The molecule has 1 aromatic carbocycles. The van der Waals surface area contributed by atoms with Crippen molar-refractivity contribution in [2.45, 2.75) is 18.2 Å². The monoisotopic (exact) mass is 358 g/mol. The predicted octanol–water partition coefficient (Wildman–Crippen LogP) is 1.19. The van der Waals surface area contributed by atoms with Gasteiger partial charge in [0, 0.05) is 49.0 Å². The topological polar surface area (TPSA) is 66.9 Å². The third-order valence-corrected chi connectivity index (χ3v) is 6.15. The van der Waals surface area contributed by atoms with E-state index in [0.717, 1.165) is 24.3 Å². The molecule has 23 heavy (non-hydrogen) atoms. The third-order valence-electron chi connectivity index (χ3n) is 4.28. The molecular weight excluding hydrogens is 340 g/mol. The van der Waals surface area contributed by atoms with Crippen molar-refractivity contribution in [3.8, 4) is 0 Å². The minimum atomic E-state index is -3.71. The standard InChI is InChI=1S/C15H19ClN2O4S/c16-23(20,21)13-9-15(19)18(11-13)10-12-3-1-2-4-14(12)17-5-7-22-8-6-17/h1-4,13H,5-11H2. The number of carbonyl (C=O) groups excluding carboxylic acids is 1. The van der Waals surface area contributed by atoms with Gasteiger partial charge in [-0.05, 0) is 11.6 Å². The lowest BCUT2D eigenvalue weighted by atomic mass is 10.1. The lowest BCUT2D eigenvalue weighted by molar-refractivity contribution is -0.128. The Hall–Kier alpha value is -1.31. The smallest absolute Gasteiger partial charge is 0.237 e. The molecule has 2 saturated heterocycles. The molecule has 1 unspecified atom stereocenters. The SMILES string of the molecule is O=C1CC(S(=O)(=O)Cl)CN1Cc1ccccc1N1CCOCC1. The second-order valence-corrected chi connectivity index (χ2v) is 8.71. The highest BCUT2D eigenvalue weighted by Crippen LogP contribution is 2.27. The van der Waals surface area contributed by atoms with Gasteiger partial charge in [0.1, 0.15) is 5.25 Å². The molecule has 126 valence electrons. The third kappa shape index (κ3) is 3.79. The summed E-state index contributed by atoms with van der Waals surface area (Å²) in [6.07, 6.45) is -0.0362. The van der Waals surface area contributed by atoms with Crippen LogP contribution in [0.1, 0.15) is 12.0 Å². The first kappa shape index (κ1) is 16.5. The molecule has 2 fully saturated rings. The number of hydrogen-bond acceptors (Lipinski definition) is 5. The van der Waals surface area contributed by atoms with Crippen LogP contribution in [0.4, 0.5) is 5.69 Å². The van der Waals surface area contributed by atoms with E-state index in [2.05, 4.69) is 4.90 Å². The van der Waals surface area contributed by atoms with Crippen molar-refractivity contribution >= 4 is 31.3 Å². The largest absolute Gasteiger partial charge is 0.378 e. The van der Waals surface area contributed by atoms with Crippen molar-refractivity contribution in [2.24, 2.45) is 0 Å². The van der Waals surface area contributed by atoms with E-state index < -0.39 is 14.3 Å². The number of nitrogens with zero attached hydrogens (tertiary/aromatic N) is 2. The van der Waals surface area contributed by atoms with Gasteiger partial charge in [-0.3, -0.25) is 4.79 Å². The van der Waals surface area contributed by atoms with E-state index in [1.165, 1.54) is 0 Å². The number of benzene rings is 1. The van der Waals surface area contributed by atoms with Crippen molar-refractivity contribution in [2.75, 3.05) is 37.7 Å². The van der Waals surface area contributed by atoms with Crippen molar-refractivity contribution in [3.05, 3.63) is 29.8 Å². The predicted molar refractivity (Wildman–Crippen MR) is 88.1 cm³/mol. The van der Waals surface area contributed by atoms with Crippen LogP contribution in [0.5, 0.6) is 0 Å². The van der Waals surface area contributed by atoms with Gasteiger partial charge in [0.2, 0.25) is 15.0 Å². The molecule has 0 bridgehead atoms. The maximum Gasteiger partial charge on any atom is 0.237 e. The van der Waals surface area contributed by atoms with Crippen LogP contribution in [0, 0.1) is 0 Å². The van der Waals surface area contributed by atoms with Crippen molar-refractivity contribution in [1.29, 1.82) is 0 Å². The summed E-state index contributed by atoms with van der Waals surface area (Å²) < 4.78 is 28.3. The molecule has 8 heteroatoms. The number of hydrogen-bond donors (Lipinski definition) is 0. The number of halogens is 1. The van der Waals surface area contributed by atoms with Gasteiger partial charge < -0.3 is 14.5 Å². The average molecular weight is 359 g/mol. The first-order valence-electron chi connectivity index (χ1n) is 7.57. The maximum absolute atomic E-state index is 12.1. The summed E-state index contributed by atoms with van der Waals surface area (Å²) in [6, 6.07) is 7.89. The number of likely N-dealkylation sites (tertiary alicyclic amines) is 1. The summed E-state index contributed by atoms with van der Waals surface area (Å²) in [6.45, 7) is 3.54. The minimum Gasteiger partial charge on any atom is -0.378 e. The molecule has 2 aliphatic rings. The fraction of sp³-hybridized carbons (Fsp3) is 0.533. The average Bonchev–Trinajstić information content (AvgIpc) is 2.90. The molecule has 1 amide bonds. The van der Waals surface area contributed by atoms with E-state index in [9.17, 15) is 13.2 Å². The van der Waals surface area contributed by atoms with Crippen LogP contribution in [0.2, 0.25) is 0 Å². The normalized spacial score (nSPS) is 22.7. The Kier molecular flexibility index (Phi) is 4.79. The van der Waals surface area contributed by atoms with E-state index in [0.29, 0.717) is 19.8 Å². The van der Waals surface area contributed by atoms with E-state index in [1.54, 1.807) is 4.90 Å². The van der Waals surface area contributed by atoms with Crippen molar-refractivity contribution in [3.63, 3.8) is 0 Å². The van der Waals surface area contributed by atoms with E-state index in [-0.39, 0.29) is 18.9 Å². The van der Waals surface area contributed by atoms with Crippen LogP contribution >= 0.6 is 10.7 Å². The van der Waals surface area contributed by atoms with Crippen LogP contribution in [0.3, 0.4) is 0 Å². The van der Waals surface area contributed by atoms with E-state index >= 15 is 0 Å².